The molecule has 0 spiro atoms. The first-order chi connectivity index (χ1) is 13.0. The highest BCUT2D eigenvalue weighted by Gasteiger charge is 2.44. The number of nitrogens with zero attached hydrogens (tertiary/aromatic N) is 3. The highest BCUT2D eigenvalue weighted by atomic mass is 16.5. The second kappa shape index (κ2) is 8.82. The van der Waals surface area contributed by atoms with Gasteiger partial charge in [-0.25, -0.2) is 0 Å². The van der Waals surface area contributed by atoms with Gasteiger partial charge < -0.3 is 19.6 Å². The monoisotopic (exact) mass is 375 g/mol. The molecule has 2 amide bonds. The molecule has 0 aromatic heterocycles. The number of hydrogen-bond donors (Lipinski definition) is 1. The van der Waals surface area contributed by atoms with Gasteiger partial charge in [0.1, 0.15) is 0 Å². The van der Waals surface area contributed by atoms with Crippen LogP contribution in [0.2, 0.25) is 0 Å². The molecule has 3 rings (SSSR count). The third-order valence-corrected chi connectivity index (χ3v) is 5.37. The number of hydrogen-bond acceptors (Lipinski definition) is 5. The molecule has 7 nitrogen and oxygen atoms in total. The standard InChI is InChI=1S/C20H29N3O4/c1-27-13-12-22-9-5-8-20(26,19(22)25)16-21-10-11-23(18(24)15-21)14-17-6-3-2-4-7-17/h2-4,6-7,26H,5,8-16H2,1H3/t20-/m0/s1. The van der Waals surface area contributed by atoms with Gasteiger partial charge in [-0.05, 0) is 18.4 Å². The molecule has 0 unspecified atom stereocenters. The lowest BCUT2D eigenvalue weighted by molar-refractivity contribution is -0.162. The zero-order chi connectivity index (χ0) is 19.3. The minimum Gasteiger partial charge on any atom is -0.383 e. The quantitative estimate of drug-likeness (QED) is 0.744. The second-order valence-electron chi connectivity index (χ2n) is 7.43. The van der Waals surface area contributed by atoms with Crippen LogP contribution in [0.3, 0.4) is 0 Å². The Morgan fingerprint density at radius 2 is 1.89 bits per heavy atom. The smallest absolute Gasteiger partial charge is 0.255 e. The van der Waals surface area contributed by atoms with Crippen molar-refractivity contribution in [2.45, 2.75) is 25.0 Å². The van der Waals surface area contributed by atoms with E-state index in [2.05, 4.69) is 0 Å². The Kier molecular flexibility index (Phi) is 6.46. The maximum Gasteiger partial charge on any atom is 0.255 e. The molecule has 0 aliphatic carbocycles. The van der Waals surface area contributed by atoms with E-state index in [0.29, 0.717) is 45.8 Å². The fourth-order valence-corrected chi connectivity index (χ4v) is 3.86. The van der Waals surface area contributed by atoms with Crippen LogP contribution >= 0.6 is 0 Å². The first-order valence-corrected chi connectivity index (χ1v) is 9.56. The van der Waals surface area contributed by atoms with Crippen molar-refractivity contribution < 1.29 is 19.4 Å². The van der Waals surface area contributed by atoms with Crippen LogP contribution in [0.5, 0.6) is 0 Å². The first-order valence-electron chi connectivity index (χ1n) is 9.56. The lowest BCUT2D eigenvalue weighted by Gasteiger charge is -2.42. The maximum absolute atomic E-state index is 12.7. The number of piperidine rings is 1. The van der Waals surface area contributed by atoms with Gasteiger partial charge in [0.25, 0.3) is 5.91 Å². The number of aliphatic hydroxyl groups is 1. The number of amides is 2. The Bertz CT molecular complexity index is 654. The Morgan fingerprint density at radius 3 is 2.59 bits per heavy atom. The van der Waals surface area contributed by atoms with E-state index in [1.807, 2.05) is 40.1 Å². The fourth-order valence-electron chi connectivity index (χ4n) is 3.86. The molecule has 148 valence electrons. The predicted octanol–water partition coefficient (Wildman–Crippen LogP) is 0.331. The van der Waals surface area contributed by atoms with Crippen LogP contribution in [0.4, 0.5) is 0 Å². The normalized spacial score (nSPS) is 24.5. The molecule has 2 aliphatic rings. The molecule has 1 aromatic rings. The van der Waals surface area contributed by atoms with Crippen molar-refractivity contribution in [1.82, 2.24) is 14.7 Å². The van der Waals surface area contributed by atoms with E-state index >= 15 is 0 Å². The van der Waals surface area contributed by atoms with Crippen molar-refractivity contribution in [3.05, 3.63) is 35.9 Å². The zero-order valence-corrected chi connectivity index (χ0v) is 16.0. The predicted molar refractivity (Wildman–Crippen MR) is 101 cm³/mol. The third kappa shape index (κ3) is 4.86. The highest BCUT2D eigenvalue weighted by molar-refractivity contribution is 5.86. The Morgan fingerprint density at radius 1 is 1.11 bits per heavy atom. The lowest BCUT2D eigenvalue weighted by Crippen LogP contribution is -2.61. The number of ether oxygens (including phenoxy) is 1. The minimum absolute atomic E-state index is 0.0354. The molecule has 2 fully saturated rings. The van der Waals surface area contributed by atoms with E-state index in [1.165, 1.54) is 0 Å². The van der Waals surface area contributed by atoms with Gasteiger partial charge in [0.15, 0.2) is 5.60 Å². The summed E-state index contributed by atoms with van der Waals surface area (Å²) in [6.45, 7) is 3.90. The molecule has 0 radical (unpaired) electrons. The van der Waals surface area contributed by atoms with E-state index in [0.717, 1.165) is 12.0 Å². The van der Waals surface area contributed by atoms with Crippen LogP contribution in [0, 0.1) is 0 Å². The number of rotatable bonds is 7. The molecule has 27 heavy (non-hydrogen) atoms. The fraction of sp³-hybridized carbons (Fsp3) is 0.600. The van der Waals surface area contributed by atoms with Crippen molar-refractivity contribution in [1.29, 1.82) is 0 Å². The van der Waals surface area contributed by atoms with Crippen LogP contribution in [0.25, 0.3) is 0 Å². The van der Waals surface area contributed by atoms with Gasteiger partial charge >= 0.3 is 0 Å². The second-order valence-corrected chi connectivity index (χ2v) is 7.43. The van der Waals surface area contributed by atoms with Gasteiger partial charge in [-0.3, -0.25) is 14.5 Å². The average molecular weight is 375 g/mol. The molecule has 1 N–H and O–H groups in total. The van der Waals surface area contributed by atoms with E-state index in [-0.39, 0.29) is 24.9 Å². The number of benzene rings is 1. The number of piperazine rings is 1. The summed E-state index contributed by atoms with van der Waals surface area (Å²) in [5.41, 5.74) is -0.303. The Hall–Kier alpha value is -1.96. The maximum atomic E-state index is 12.7. The van der Waals surface area contributed by atoms with E-state index < -0.39 is 5.60 Å². The summed E-state index contributed by atoms with van der Waals surface area (Å²) in [5.74, 6) is -0.210. The number of carbonyl (C=O) groups is 2. The van der Waals surface area contributed by atoms with E-state index in [1.54, 1.807) is 12.0 Å². The van der Waals surface area contributed by atoms with Gasteiger partial charge in [0.2, 0.25) is 5.91 Å². The first kappa shape index (κ1) is 19.8. The van der Waals surface area contributed by atoms with Crippen LogP contribution in [-0.2, 0) is 20.9 Å². The van der Waals surface area contributed by atoms with Crippen LogP contribution < -0.4 is 0 Å². The average Bonchev–Trinajstić information content (AvgIpc) is 2.66. The number of methoxy groups -OCH3 is 1. The summed E-state index contributed by atoms with van der Waals surface area (Å²) < 4.78 is 5.05. The van der Waals surface area contributed by atoms with Crippen molar-refractivity contribution >= 4 is 11.8 Å². The number of carbonyl (C=O) groups excluding carboxylic acids is 2. The summed E-state index contributed by atoms with van der Waals surface area (Å²) in [6.07, 6.45) is 1.20. The molecule has 0 bridgehead atoms. The summed E-state index contributed by atoms with van der Waals surface area (Å²) in [7, 11) is 1.60. The molecule has 7 heteroatoms. The van der Waals surface area contributed by atoms with Gasteiger partial charge in [0.05, 0.1) is 13.2 Å². The summed E-state index contributed by atoms with van der Waals surface area (Å²) in [4.78, 5) is 30.7. The van der Waals surface area contributed by atoms with Crippen molar-refractivity contribution in [2.75, 3.05) is 53.0 Å². The van der Waals surface area contributed by atoms with Crippen LogP contribution in [0.1, 0.15) is 18.4 Å². The van der Waals surface area contributed by atoms with Crippen LogP contribution in [0.15, 0.2) is 30.3 Å². The molecule has 1 atom stereocenters. The number of likely N-dealkylation sites (tertiary alicyclic amines) is 1. The van der Waals surface area contributed by atoms with Crippen molar-refractivity contribution in [3.8, 4) is 0 Å². The topological polar surface area (TPSA) is 73.3 Å². The lowest BCUT2D eigenvalue weighted by atomic mass is 9.91. The largest absolute Gasteiger partial charge is 0.383 e. The van der Waals surface area contributed by atoms with Gasteiger partial charge in [-0.15, -0.1) is 0 Å². The summed E-state index contributed by atoms with van der Waals surface area (Å²) >= 11 is 0. The molecule has 2 saturated heterocycles. The van der Waals surface area contributed by atoms with Gasteiger partial charge in [0, 0.05) is 46.4 Å². The molecule has 2 heterocycles. The number of β-amino-alcohol motifs (C(OH)–C–C–N with tert-alkyl or cyclic N) is 1. The van der Waals surface area contributed by atoms with E-state index in [4.69, 9.17) is 4.74 Å². The molecular formula is C20H29N3O4. The summed E-state index contributed by atoms with van der Waals surface area (Å²) in [5, 5.41) is 11.0. The Labute approximate surface area is 160 Å². The highest BCUT2D eigenvalue weighted by Crippen LogP contribution is 2.24. The van der Waals surface area contributed by atoms with Crippen molar-refractivity contribution in [2.24, 2.45) is 0 Å². The molecule has 2 aliphatic heterocycles. The van der Waals surface area contributed by atoms with Gasteiger partial charge in [-0.2, -0.15) is 0 Å². The zero-order valence-electron chi connectivity index (χ0n) is 16.0. The minimum atomic E-state index is -1.41. The van der Waals surface area contributed by atoms with E-state index in [9.17, 15) is 14.7 Å². The van der Waals surface area contributed by atoms with Crippen molar-refractivity contribution in [3.63, 3.8) is 0 Å². The SMILES string of the molecule is COCCN1CCC[C@](O)(CN2CCN(Cc3ccccc3)C(=O)C2)C1=O. The molecular weight excluding hydrogens is 346 g/mol. The third-order valence-electron chi connectivity index (χ3n) is 5.37. The summed E-state index contributed by atoms with van der Waals surface area (Å²) in [6, 6.07) is 9.92. The molecule has 0 saturated carbocycles. The Balaban J connectivity index is 1.55. The molecule has 1 aromatic carbocycles. The van der Waals surface area contributed by atoms with Gasteiger partial charge in [-0.1, -0.05) is 30.3 Å². The van der Waals surface area contributed by atoms with Crippen LogP contribution in [-0.4, -0.2) is 90.2 Å².